The normalized spacial score (nSPS) is 10.9. The number of hydrogen-bond acceptors (Lipinski definition) is 8. The molecule has 0 unspecified atom stereocenters. The maximum atomic E-state index is 12.6. The summed E-state index contributed by atoms with van der Waals surface area (Å²) in [6, 6.07) is 11.3. The smallest absolute Gasteiger partial charge is 0.872 e. The van der Waals surface area contributed by atoms with E-state index in [9.17, 15) is 19.8 Å². The number of halogens is 2. The molecule has 14 heteroatoms. The van der Waals surface area contributed by atoms with E-state index in [2.05, 4.69) is 10.6 Å². The molecule has 0 aromatic heterocycles. The summed E-state index contributed by atoms with van der Waals surface area (Å²) >= 11 is 12.2. The number of amides is 2. The Morgan fingerprint density at radius 1 is 0.619 bits per heavy atom. The monoisotopic (exact) mass is 632 g/mol. The van der Waals surface area contributed by atoms with Gasteiger partial charge in [-0.25, -0.2) is 0 Å². The fourth-order valence-corrected chi connectivity index (χ4v) is 3.94. The summed E-state index contributed by atoms with van der Waals surface area (Å²) in [7, 11) is 5.69. The number of methoxy groups -OCH3 is 4. The van der Waals surface area contributed by atoms with Crippen LogP contribution in [0.4, 0.5) is 11.4 Å². The average Bonchev–Trinajstić information content (AvgIpc) is 2.93. The predicted octanol–water partition coefficient (Wildman–Crippen LogP) is -2.28. The summed E-state index contributed by atoms with van der Waals surface area (Å²) in [4.78, 5) is 24.9. The van der Waals surface area contributed by atoms with Crippen LogP contribution in [0.25, 0.3) is 11.5 Å². The minimum atomic E-state index is -0.719. The van der Waals surface area contributed by atoms with E-state index in [0.717, 1.165) is 12.2 Å². The van der Waals surface area contributed by atoms with Crippen LogP contribution in [-0.2, 0) is 9.59 Å². The number of benzene rings is 3. The van der Waals surface area contributed by atoms with E-state index in [4.69, 9.17) is 42.1 Å². The number of hydrogen-bond donors (Lipinski definition) is 2. The van der Waals surface area contributed by atoms with Crippen LogP contribution in [-0.4, -0.2) is 40.3 Å². The largest absolute Gasteiger partial charge is 1.00 e. The maximum Gasteiger partial charge on any atom is 1.00 e. The molecule has 210 valence electrons. The molecular formula is C28H24Cl2N2Na2O8. The number of anilines is 2. The predicted molar refractivity (Wildman–Crippen MR) is 149 cm³/mol. The molecule has 0 radical (unpaired) electrons. The van der Waals surface area contributed by atoms with Crippen LogP contribution in [0.5, 0.6) is 23.0 Å². The van der Waals surface area contributed by atoms with Crippen molar-refractivity contribution in [2.24, 2.45) is 0 Å². The van der Waals surface area contributed by atoms with E-state index in [1.54, 1.807) is 0 Å². The van der Waals surface area contributed by atoms with Gasteiger partial charge in [-0.05, 0) is 35.4 Å². The number of ether oxygens (including phenoxy) is 4. The van der Waals surface area contributed by atoms with Crippen molar-refractivity contribution in [2.75, 3.05) is 39.1 Å². The van der Waals surface area contributed by atoms with Gasteiger partial charge in [0.1, 0.15) is 23.0 Å². The Morgan fingerprint density at radius 2 is 0.929 bits per heavy atom. The zero-order chi connectivity index (χ0) is 29.4. The first-order chi connectivity index (χ1) is 19.1. The van der Waals surface area contributed by atoms with Crippen LogP contribution >= 0.6 is 23.2 Å². The van der Waals surface area contributed by atoms with Gasteiger partial charge in [0, 0.05) is 12.1 Å². The molecule has 0 fully saturated rings. The fourth-order valence-electron chi connectivity index (χ4n) is 3.46. The van der Waals surface area contributed by atoms with Crippen LogP contribution in [0.1, 0.15) is 11.1 Å². The van der Waals surface area contributed by atoms with E-state index in [1.807, 2.05) is 0 Å². The molecule has 0 aliphatic heterocycles. The maximum absolute atomic E-state index is 12.6. The van der Waals surface area contributed by atoms with Crippen LogP contribution in [0, 0.1) is 0 Å². The molecule has 0 aliphatic carbocycles. The van der Waals surface area contributed by atoms with Gasteiger partial charge in [-0.15, -0.1) is 0 Å². The van der Waals surface area contributed by atoms with Crippen molar-refractivity contribution in [1.29, 1.82) is 0 Å². The molecule has 0 atom stereocenters. The standard InChI is InChI=1S/C28H26Cl2N2O8.2Na/c1-37-23-13-25(39-3)19(9-17(23)29)31-27(35)11-21(33)15-5-7-16(8-6-15)22(34)12-28(36)32-20-10-18(30)24(38-2)14-26(20)40-4;;/h5-14,33-34H,1-4H3,(H,31,35)(H,32,36);;/q;2*+1/p-2. The molecule has 0 saturated carbocycles. The summed E-state index contributed by atoms with van der Waals surface area (Å²) < 4.78 is 20.7. The Kier molecular flexibility index (Phi) is 15.7. The van der Waals surface area contributed by atoms with E-state index in [-0.39, 0.29) is 103 Å². The van der Waals surface area contributed by atoms with Gasteiger partial charge >= 0.3 is 59.1 Å². The summed E-state index contributed by atoms with van der Waals surface area (Å²) in [5.41, 5.74) is 0.778. The Labute approximate surface area is 297 Å². The molecule has 0 aliphatic rings. The zero-order valence-electron chi connectivity index (χ0n) is 23.8. The quantitative estimate of drug-likeness (QED) is 0.145. The molecule has 2 N–H and O–H groups in total. The summed E-state index contributed by atoms with van der Waals surface area (Å²) in [5.74, 6) is -1.39. The van der Waals surface area contributed by atoms with Crippen molar-refractivity contribution in [3.8, 4) is 23.0 Å². The second kappa shape index (κ2) is 17.5. The number of nitrogens with one attached hydrogen (secondary N) is 2. The summed E-state index contributed by atoms with van der Waals surface area (Å²) in [6.45, 7) is 0. The molecule has 2 amide bonds. The first-order valence-corrected chi connectivity index (χ1v) is 12.2. The Hall–Kier alpha value is -2.54. The fraction of sp³-hybridized carbons (Fsp3) is 0.143. The molecule has 3 aromatic rings. The Bertz CT molecular complexity index is 1370. The van der Waals surface area contributed by atoms with Gasteiger partial charge < -0.3 is 39.8 Å². The molecule has 0 saturated heterocycles. The summed E-state index contributed by atoms with van der Waals surface area (Å²) in [6.07, 6.45) is 1.70. The van der Waals surface area contributed by atoms with Crippen molar-refractivity contribution in [3.05, 3.63) is 81.9 Å². The third kappa shape index (κ3) is 9.75. The van der Waals surface area contributed by atoms with Crippen LogP contribution in [0.2, 0.25) is 10.0 Å². The van der Waals surface area contributed by atoms with E-state index in [1.165, 1.54) is 77.0 Å². The van der Waals surface area contributed by atoms with Crippen molar-refractivity contribution < 1.29 is 97.9 Å². The van der Waals surface area contributed by atoms with Gasteiger partial charge in [0.2, 0.25) is 11.8 Å². The molecule has 0 bridgehead atoms. The number of carbonyl (C=O) groups excluding carboxylic acids is 2. The van der Waals surface area contributed by atoms with E-state index in [0.29, 0.717) is 11.5 Å². The molecule has 42 heavy (non-hydrogen) atoms. The minimum absolute atomic E-state index is 0. The van der Waals surface area contributed by atoms with Gasteiger partial charge in [0.15, 0.2) is 0 Å². The van der Waals surface area contributed by atoms with Crippen molar-refractivity contribution in [1.82, 2.24) is 0 Å². The van der Waals surface area contributed by atoms with Crippen LogP contribution < -0.4 is 98.9 Å². The summed E-state index contributed by atoms with van der Waals surface area (Å²) in [5, 5.41) is 30.7. The first kappa shape index (κ1) is 37.5. The second-order valence-electron chi connectivity index (χ2n) is 7.95. The molecule has 0 spiro atoms. The molecule has 10 nitrogen and oxygen atoms in total. The van der Waals surface area contributed by atoms with E-state index < -0.39 is 23.3 Å². The van der Waals surface area contributed by atoms with Gasteiger partial charge in [-0.1, -0.05) is 59.0 Å². The SMILES string of the molecule is COc1cc(OC)c(NC(=O)C=C([O-])c2ccc(C([O-])=CC(=O)Nc3cc(Cl)c(OC)cc3OC)cc2)cc1Cl.[Na+].[Na+]. The molecule has 3 rings (SSSR count). The third-order valence-corrected chi connectivity index (χ3v) is 6.03. The van der Waals surface area contributed by atoms with Gasteiger partial charge in [-0.2, -0.15) is 0 Å². The van der Waals surface area contributed by atoms with Gasteiger partial charge in [-0.3, -0.25) is 9.59 Å². The van der Waals surface area contributed by atoms with Crippen LogP contribution in [0.3, 0.4) is 0 Å². The number of carbonyl (C=O) groups is 2. The van der Waals surface area contributed by atoms with E-state index >= 15 is 0 Å². The molecule has 0 heterocycles. The zero-order valence-corrected chi connectivity index (χ0v) is 29.3. The minimum Gasteiger partial charge on any atom is -0.872 e. The van der Waals surface area contributed by atoms with Crippen molar-refractivity contribution >= 4 is 57.9 Å². The van der Waals surface area contributed by atoms with Gasteiger partial charge in [0.05, 0.1) is 49.9 Å². The Morgan fingerprint density at radius 3 is 1.21 bits per heavy atom. The number of rotatable bonds is 10. The molecular weight excluding hydrogens is 609 g/mol. The van der Waals surface area contributed by atoms with Crippen LogP contribution in [0.15, 0.2) is 60.7 Å². The van der Waals surface area contributed by atoms with Crippen molar-refractivity contribution in [2.45, 2.75) is 0 Å². The second-order valence-corrected chi connectivity index (χ2v) is 8.76. The molecule has 3 aromatic carbocycles. The third-order valence-electron chi connectivity index (χ3n) is 5.44. The first-order valence-electron chi connectivity index (χ1n) is 11.4. The van der Waals surface area contributed by atoms with Gasteiger partial charge in [0.25, 0.3) is 0 Å². The topological polar surface area (TPSA) is 141 Å². The average molecular weight is 633 g/mol. The van der Waals surface area contributed by atoms with Crippen molar-refractivity contribution in [3.63, 3.8) is 0 Å². The Balaban J connectivity index is 0.00000441.